The second-order valence-electron chi connectivity index (χ2n) is 7.95. The molecule has 0 saturated carbocycles. The lowest BCUT2D eigenvalue weighted by molar-refractivity contribution is -0.118. The highest BCUT2D eigenvalue weighted by molar-refractivity contribution is 5.91. The average molecular weight is 439 g/mol. The van der Waals surface area contributed by atoms with Crippen LogP contribution in [0.4, 0.5) is 8.78 Å². The first kappa shape index (κ1) is 23.5. The number of likely N-dealkylation sites (tertiary alicyclic amines) is 1. The van der Waals surface area contributed by atoms with Crippen LogP contribution < -0.4 is 14.8 Å². The lowest BCUT2D eigenvalue weighted by Crippen LogP contribution is -2.59. The van der Waals surface area contributed by atoms with Gasteiger partial charge in [0.05, 0.1) is 6.61 Å². The molecule has 1 aromatic rings. The Bertz CT molecular complexity index is 745. The number of ether oxygens (including phenoxy) is 3. The molecule has 0 aromatic heterocycles. The zero-order valence-corrected chi connectivity index (χ0v) is 18.1. The molecule has 172 valence electrons. The predicted molar refractivity (Wildman–Crippen MR) is 114 cm³/mol. The number of nitrogens with one attached hydrogen (secondary N) is 1. The molecule has 31 heavy (non-hydrogen) atoms. The number of nitrogens with zero attached hydrogens (tertiary/aromatic N) is 1. The molecular formula is C23H32F2N2O4. The highest BCUT2D eigenvalue weighted by Crippen LogP contribution is 2.31. The van der Waals surface area contributed by atoms with Gasteiger partial charge in [-0.1, -0.05) is 12.5 Å². The number of piperidine rings is 1. The number of carbonyl (C=O) groups excluding carboxylic acids is 1. The van der Waals surface area contributed by atoms with E-state index in [1.165, 1.54) is 31.4 Å². The summed E-state index contributed by atoms with van der Waals surface area (Å²) in [5.74, 6) is 0.00630. The Hall–Kier alpha value is -2.19. The molecule has 0 aliphatic carbocycles. The first-order chi connectivity index (χ1) is 15.0. The third-order valence-electron chi connectivity index (χ3n) is 5.95. The molecule has 3 rings (SSSR count). The van der Waals surface area contributed by atoms with E-state index in [0.717, 1.165) is 39.1 Å². The Kier molecular flexibility index (Phi) is 8.66. The van der Waals surface area contributed by atoms with Gasteiger partial charge < -0.3 is 19.5 Å². The largest absolute Gasteiger partial charge is 0.490 e. The first-order valence-corrected chi connectivity index (χ1v) is 11.0. The normalized spacial score (nSPS) is 19.5. The van der Waals surface area contributed by atoms with Crippen LogP contribution in [0.1, 0.15) is 44.6 Å². The Morgan fingerprint density at radius 1 is 1.23 bits per heavy atom. The van der Waals surface area contributed by atoms with Crippen molar-refractivity contribution in [3.05, 3.63) is 29.8 Å². The number of hydrogen-bond acceptors (Lipinski definition) is 5. The van der Waals surface area contributed by atoms with Gasteiger partial charge in [0.25, 0.3) is 0 Å². The van der Waals surface area contributed by atoms with Gasteiger partial charge in [0.2, 0.25) is 5.91 Å². The van der Waals surface area contributed by atoms with E-state index in [9.17, 15) is 13.6 Å². The van der Waals surface area contributed by atoms with Crippen molar-refractivity contribution in [3.8, 4) is 11.5 Å². The van der Waals surface area contributed by atoms with E-state index in [2.05, 4.69) is 15.0 Å². The van der Waals surface area contributed by atoms with Crippen LogP contribution in [0.3, 0.4) is 0 Å². The van der Waals surface area contributed by atoms with Crippen molar-refractivity contribution >= 4 is 12.0 Å². The number of carbonyl (C=O) groups is 1. The van der Waals surface area contributed by atoms with Crippen molar-refractivity contribution in [2.75, 3.05) is 39.5 Å². The second-order valence-corrected chi connectivity index (χ2v) is 7.95. The van der Waals surface area contributed by atoms with Gasteiger partial charge in [-0.05, 0) is 69.5 Å². The lowest BCUT2D eigenvalue weighted by Gasteiger charge is -2.48. The highest BCUT2D eigenvalue weighted by Gasteiger charge is 2.38. The number of rotatable bonds is 9. The topological polar surface area (TPSA) is 60.0 Å². The van der Waals surface area contributed by atoms with E-state index in [4.69, 9.17) is 9.47 Å². The minimum absolute atomic E-state index is 0.0264. The number of alkyl halides is 2. The molecule has 1 N–H and O–H groups in total. The third-order valence-corrected chi connectivity index (χ3v) is 5.95. The summed E-state index contributed by atoms with van der Waals surface area (Å²) < 4.78 is 40.5. The fourth-order valence-electron chi connectivity index (χ4n) is 4.30. The molecular weight excluding hydrogens is 406 g/mol. The van der Waals surface area contributed by atoms with Crippen LogP contribution in [0, 0.1) is 0 Å². The van der Waals surface area contributed by atoms with Gasteiger partial charge in [0.1, 0.15) is 0 Å². The summed E-state index contributed by atoms with van der Waals surface area (Å²) in [6.07, 6.45) is 8.60. The molecule has 2 aliphatic heterocycles. The molecule has 2 saturated heterocycles. The fourth-order valence-corrected chi connectivity index (χ4v) is 4.30. The maximum absolute atomic E-state index is 12.5. The van der Waals surface area contributed by atoms with Gasteiger partial charge in [0.15, 0.2) is 11.5 Å². The Morgan fingerprint density at radius 2 is 1.97 bits per heavy atom. The van der Waals surface area contributed by atoms with Crippen molar-refractivity contribution in [2.45, 2.75) is 51.2 Å². The molecule has 2 aliphatic rings. The van der Waals surface area contributed by atoms with E-state index in [-0.39, 0.29) is 22.9 Å². The van der Waals surface area contributed by atoms with Gasteiger partial charge >= 0.3 is 6.61 Å². The predicted octanol–water partition coefficient (Wildman–Crippen LogP) is 3.85. The van der Waals surface area contributed by atoms with Crippen LogP contribution in [0.2, 0.25) is 0 Å². The number of benzene rings is 1. The number of hydrogen-bond donors (Lipinski definition) is 1. The van der Waals surface area contributed by atoms with Gasteiger partial charge in [-0.3, -0.25) is 9.69 Å². The van der Waals surface area contributed by atoms with Gasteiger partial charge in [-0.2, -0.15) is 8.78 Å². The van der Waals surface area contributed by atoms with Crippen molar-refractivity contribution in [2.24, 2.45) is 0 Å². The zero-order valence-electron chi connectivity index (χ0n) is 18.1. The van der Waals surface area contributed by atoms with Crippen molar-refractivity contribution in [3.63, 3.8) is 0 Å². The van der Waals surface area contributed by atoms with Crippen molar-refractivity contribution < 1.29 is 27.8 Å². The standard InChI is InChI=1S/C23H32F2N2O4/c1-2-30-20-16-18(6-8-19(20)31-22(24)25)7-9-21(28)26-17-23(10-14-29-15-11-23)27-12-4-3-5-13-27/h6-9,16,22H,2-5,10-15,17H2,1H3,(H,26,28). The van der Waals surface area contributed by atoms with Crippen LogP contribution in [0.25, 0.3) is 6.08 Å². The molecule has 1 amide bonds. The maximum atomic E-state index is 12.5. The fraction of sp³-hybridized carbons (Fsp3) is 0.609. The number of amides is 1. The minimum Gasteiger partial charge on any atom is -0.490 e. The van der Waals surface area contributed by atoms with E-state index < -0.39 is 6.61 Å². The van der Waals surface area contributed by atoms with Crippen LogP contribution in [0.5, 0.6) is 11.5 Å². The summed E-state index contributed by atoms with van der Waals surface area (Å²) in [5, 5.41) is 3.06. The summed E-state index contributed by atoms with van der Waals surface area (Å²) in [5.41, 5.74) is 0.621. The second kappa shape index (κ2) is 11.4. The van der Waals surface area contributed by atoms with Crippen LogP contribution >= 0.6 is 0 Å². The third kappa shape index (κ3) is 6.64. The molecule has 2 heterocycles. The molecule has 0 radical (unpaired) electrons. The van der Waals surface area contributed by atoms with E-state index in [0.29, 0.717) is 18.7 Å². The van der Waals surface area contributed by atoms with Crippen LogP contribution in [-0.2, 0) is 9.53 Å². The molecule has 0 atom stereocenters. The summed E-state index contributed by atoms with van der Waals surface area (Å²) in [6, 6.07) is 4.61. The van der Waals surface area contributed by atoms with E-state index in [1.807, 2.05) is 0 Å². The van der Waals surface area contributed by atoms with Crippen molar-refractivity contribution in [1.29, 1.82) is 0 Å². The molecule has 0 unspecified atom stereocenters. The quantitative estimate of drug-likeness (QED) is 0.594. The monoisotopic (exact) mass is 438 g/mol. The number of halogens is 2. The Balaban J connectivity index is 1.61. The summed E-state index contributed by atoms with van der Waals surface area (Å²) in [7, 11) is 0. The molecule has 8 heteroatoms. The minimum atomic E-state index is -2.93. The highest BCUT2D eigenvalue weighted by atomic mass is 19.3. The lowest BCUT2D eigenvalue weighted by atomic mass is 9.86. The Morgan fingerprint density at radius 3 is 2.65 bits per heavy atom. The zero-order chi connectivity index (χ0) is 22.1. The summed E-state index contributed by atoms with van der Waals surface area (Å²) in [4.78, 5) is 15.0. The maximum Gasteiger partial charge on any atom is 0.387 e. The SMILES string of the molecule is CCOc1cc(C=CC(=O)NCC2(N3CCCCC3)CCOCC2)ccc1OC(F)F. The first-order valence-electron chi connectivity index (χ1n) is 11.0. The van der Waals surface area contributed by atoms with Crippen LogP contribution in [0.15, 0.2) is 24.3 Å². The van der Waals surface area contributed by atoms with Gasteiger partial charge in [0, 0.05) is 31.4 Å². The summed E-state index contributed by atoms with van der Waals surface area (Å²) >= 11 is 0. The molecule has 0 spiro atoms. The van der Waals surface area contributed by atoms with E-state index >= 15 is 0 Å². The van der Waals surface area contributed by atoms with Gasteiger partial charge in [-0.25, -0.2) is 0 Å². The molecule has 0 bridgehead atoms. The van der Waals surface area contributed by atoms with Gasteiger partial charge in [-0.15, -0.1) is 0 Å². The Labute approximate surface area is 182 Å². The molecule has 6 nitrogen and oxygen atoms in total. The van der Waals surface area contributed by atoms with Crippen LogP contribution in [-0.4, -0.2) is 62.4 Å². The summed E-state index contributed by atoms with van der Waals surface area (Å²) in [6.45, 7) is 3.31. The average Bonchev–Trinajstić information content (AvgIpc) is 2.79. The van der Waals surface area contributed by atoms with Crippen molar-refractivity contribution in [1.82, 2.24) is 10.2 Å². The van der Waals surface area contributed by atoms with E-state index in [1.54, 1.807) is 25.1 Å². The molecule has 1 aromatic carbocycles. The smallest absolute Gasteiger partial charge is 0.387 e. The molecule has 2 fully saturated rings.